The molecule has 0 radical (unpaired) electrons. The predicted molar refractivity (Wildman–Crippen MR) is 159 cm³/mol. The van der Waals surface area contributed by atoms with Gasteiger partial charge >= 0.3 is 0 Å². The van der Waals surface area contributed by atoms with Gasteiger partial charge in [0.2, 0.25) is 5.95 Å². The number of allylic oxidation sites excluding steroid dienone is 1. The number of anilines is 3. The minimum absolute atomic E-state index is 0.219. The molecule has 2 saturated heterocycles. The van der Waals surface area contributed by atoms with Gasteiger partial charge in [-0.25, -0.2) is 19.3 Å². The quantitative estimate of drug-likeness (QED) is 0.306. The lowest BCUT2D eigenvalue weighted by Crippen LogP contribution is -2.51. The van der Waals surface area contributed by atoms with Crippen LogP contribution in [-0.2, 0) is 6.54 Å². The van der Waals surface area contributed by atoms with Crippen LogP contribution in [0, 0.1) is 0 Å². The van der Waals surface area contributed by atoms with E-state index in [0.717, 1.165) is 18.8 Å². The van der Waals surface area contributed by atoms with Gasteiger partial charge < -0.3 is 10.2 Å². The summed E-state index contributed by atoms with van der Waals surface area (Å²) in [4.78, 5) is 40.9. The second-order valence-electron chi connectivity index (χ2n) is 10.5. The molecule has 2 fully saturated rings. The lowest BCUT2D eigenvalue weighted by molar-refractivity contribution is 0.212. The Hall–Kier alpha value is -4.90. The van der Waals surface area contributed by atoms with Crippen LogP contribution in [0.3, 0.4) is 0 Å². The SMILES string of the molecule is C=CCn1c(=O)c2cnc(Nc3ccc(N4CC5CCC(C4)N5C)cc3)nc2n1-c1cccc(-c2cnccn2)n1. The van der Waals surface area contributed by atoms with Gasteiger partial charge in [0.05, 0.1) is 18.4 Å². The molecule has 1 N–H and O–H groups in total. The van der Waals surface area contributed by atoms with Gasteiger partial charge in [0.15, 0.2) is 11.5 Å². The third-order valence-electron chi connectivity index (χ3n) is 8.09. The molecular formula is C30H30N10O. The molecule has 2 aliphatic heterocycles. The van der Waals surface area contributed by atoms with Crippen LogP contribution in [0.2, 0.25) is 0 Å². The summed E-state index contributed by atoms with van der Waals surface area (Å²) in [6, 6.07) is 15.2. The summed E-state index contributed by atoms with van der Waals surface area (Å²) in [6.07, 6.45) is 10.7. The van der Waals surface area contributed by atoms with Crippen molar-refractivity contribution >= 4 is 28.4 Å². The van der Waals surface area contributed by atoms with Gasteiger partial charge in [-0.15, -0.1) is 6.58 Å². The van der Waals surface area contributed by atoms with E-state index in [-0.39, 0.29) is 12.1 Å². The Morgan fingerprint density at radius 3 is 2.51 bits per heavy atom. The van der Waals surface area contributed by atoms with E-state index in [1.54, 1.807) is 40.2 Å². The topological polar surface area (TPSA) is 110 Å². The van der Waals surface area contributed by atoms with E-state index in [4.69, 9.17) is 9.97 Å². The third-order valence-corrected chi connectivity index (χ3v) is 8.09. The van der Waals surface area contributed by atoms with E-state index in [1.165, 1.54) is 18.5 Å². The van der Waals surface area contributed by atoms with Crippen LogP contribution in [-0.4, -0.2) is 71.4 Å². The lowest BCUT2D eigenvalue weighted by Gasteiger charge is -2.40. The smallest absolute Gasteiger partial charge is 0.278 e. The Labute approximate surface area is 236 Å². The van der Waals surface area contributed by atoms with Crippen LogP contribution in [0.1, 0.15) is 12.8 Å². The number of fused-ring (bicyclic) bond motifs is 3. The maximum absolute atomic E-state index is 13.3. The summed E-state index contributed by atoms with van der Waals surface area (Å²) in [6.45, 7) is 6.23. The monoisotopic (exact) mass is 546 g/mol. The Bertz CT molecular complexity index is 1770. The Morgan fingerprint density at radius 2 is 1.78 bits per heavy atom. The van der Waals surface area contributed by atoms with Crippen molar-refractivity contribution in [3.8, 4) is 17.2 Å². The molecule has 0 aliphatic carbocycles. The molecule has 0 amide bonds. The highest BCUT2D eigenvalue weighted by Crippen LogP contribution is 2.32. The summed E-state index contributed by atoms with van der Waals surface area (Å²) in [7, 11) is 2.25. The second kappa shape index (κ2) is 10.3. The number of rotatable bonds is 7. The molecule has 6 heterocycles. The highest BCUT2D eigenvalue weighted by atomic mass is 16.1. The first-order valence-corrected chi connectivity index (χ1v) is 13.8. The van der Waals surface area contributed by atoms with E-state index in [9.17, 15) is 4.79 Å². The number of piperazine rings is 1. The molecule has 11 nitrogen and oxygen atoms in total. The fourth-order valence-corrected chi connectivity index (χ4v) is 5.93. The molecule has 2 atom stereocenters. The molecule has 2 bridgehead atoms. The van der Waals surface area contributed by atoms with Crippen molar-refractivity contribution in [1.29, 1.82) is 0 Å². The molecule has 206 valence electrons. The van der Waals surface area contributed by atoms with Gasteiger partial charge in [-0.3, -0.25) is 19.7 Å². The Balaban J connectivity index is 1.21. The molecule has 2 aliphatic rings. The third kappa shape index (κ3) is 4.53. The number of likely N-dealkylation sites (N-methyl/N-ethyl adjacent to an activating group) is 1. The summed E-state index contributed by atoms with van der Waals surface area (Å²) in [5.41, 5.74) is 3.59. The molecule has 2 unspecified atom stereocenters. The molecule has 0 spiro atoms. The largest absolute Gasteiger partial charge is 0.368 e. The summed E-state index contributed by atoms with van der Waals surface area (Å²) in [5, 5.41) is 3.70. The fraction of sp³-hybridized carbons (Fsp3) is 0.267. The van der Waals surface area contributed by atoms with E-state index < -0.39 is 0 Å². The second-order valence-corrected chi connectivity index (χ2v) is 10.5. The van der Waals surface area contributed by atoms with E-state index in [2.05, 4.69) is 55.8 Å². The van der Waals surface area contributed by atoms with Gasteiger partial charge in [-0.1, -0.05) is 12.1 Å². The normalized spacial score (nSPS) is 18.6. The van der Waals surface area contributed by atoms with Crippen LogP contribution < -0.4 is 15.8 Å². The first kappa shape index (κ1) is 25.1. The van der Waals surface area contributed by atoms with Crippen molar-refractivity contribution < 1.29 is 0 Å². The maximum atomic E-state index is 13.3. The molecule has 7 rings (SSSR count). The van der Waals surface area contributed by atoms with Crippen molar-refractivity contribution in [2.75, 3.05) is 30.4 Å². The van der Waals surface area contributed by atoms with Crippen molar-refractivity contribution in [1.82, 2.24) is 39.2 Å². The Morgan fingerprint density at radius 1 is 0.976 bits per heavy atom. The minimum Gasteiger partial charge on any atom is -0.368 e. The van der Waals surface area contributed by atoms with Crippen LogP contribution in [0.25, 0.3) is 28.2 Å². The van der Waals surface area contributed by atoms with Gasteiger partial charge in [0.25, 0.3) is 5.56 Å². The van der Waals surface area contributed by atoms with Crippen molar-refractivity contribution in [3.05, 3.63) is 90.3 Å². The average Bonchev–Trinajstić information content (AvgIpc) is 3.37. The van der Waals surface area contributed by atoms with Crippen molar-refractivity contribution in [2.24, 2.45) is 0 Å². The van der Waals surface area contributed by atoms with Gasteiger partial charge in [0.1, 0.15) is 11.1 Å². The summed E-state index contributed by atoms with van der Waals surface area (Å²) >= 11 is 0. The maximum Gasteiger partial charge on any atom is 0.278 e. The molecule has 0 saturated carbocycles. The van der Waals surface area contributed by atoms with Crippen molar-refractivity contribution in [2.45, 2.75) is 31.5 Å². The van der Waals surface area contributed by atoms with E-state index in [0.29, 0.717) is 46.3 Å². The molecule has 11 heteroatoms. The molecular weight excluding hydrogens is 516 g/mol. The van der Waals surface area contributed by atoms with E-state index >= 15 is 0 Å². The number of nitrogens with zero attached hydrogens (tertiary/aromatic N) is 9. The number of nitrogens with one attached hydrogen (secondary N) is 1. The minimum atomic E-state index is -0.219. The Kier molecular flexibility index (Phi) is 6.27. The summed E-state index contributed by atoms with van der Waals surface area (Å²) in [5.74, 6) is 0.912. The van der Waals surface area contributed by atoms with Crippen LogP contribution in [0.5, 0.6) is 0 Å². The molecule has 5 aromatic rings. The van der Waals surface area contributed by atoms with Gasteiger partial charge in [-0.2, -0.15) is 4.98 Å². The highest BCUT2D eigenvalue weighted by Gasteiger charge is 2.37. The lowest BCUT2D eigenvalue weighted by atomic mass is 10.1. The zero-order valence-electron chi connectivity index (χ0n) is 22.8. The van der Waals surface area contributed by atoms with Crippen LogP contribution in [0.15, 0.2) is 84.7 Å². The van der Waals surface area contributed by atoms with Gasteiger partial charge in [0, 0.05) is 55.1 Å². The zero-order chi connectivity index (χ0) is 27.9. The number of aromatic nitrogens is 7. The molecule has 1 aromatic carbocycles. The average molecular weight is 547 g/mol. The van der Waals surface area contributed by atoms with Gasteiger partial charge in [-0.05, 0) is 56.3 Å². The highest BCUT2D eigenvalue weighted by molar-refractivity contribution is 5.77. The number of pyridine rings is 1. The number of benzene rings is 1. The van der Waals surface area contributed by atoms with E-state index in [1.807, 2.05) is 30.3 Å². The van der Waals surface area contributed by atoms with Crippen molar-refractivity contribution in [3.63, 3.8) is 0 Å². The number of hydrogen-bond donors (Lipinski definition) is 1. The standard InChI is InChI=1S/C30H30N10O/c1-3-15-39-29(41)24-16-33-30(34-20-7-9-21(10-8-20)38-18-22-11-12-23(19-38)37(22)2)36-28(24)40(39)27-6-4-5-25(35-27)26-17-31-13-14-32-26/h3-10,13-14,16-17,22-23H,1,11-12,15,18-19H2,2H3,(H,33,34,36). The fourth-order valence-electron chi connectivity index (χ4n) is 5.93. The first-order chi connectivity index (χ1) is 20.1. The zero-order valence-corrected chi connectivity index (χ0v) is 22.8. The molecule has 41 heavy (non-hydrogen) atoms. The van der Waals surface area contributed by atoms with Crippen LogP contribution in [0.4, 0.5) is 17.3 Å². The van der Waals surface area contributed by atoms with Crippen LogP contribution >= 0.6 is 0 Å². The summed E-state index contributed by atoms with van der Waals surface area (Å²) < 4.78 is 3.26. The number of hydrogen-bond acceptors (Lipinski definition) is 9. The molecule has 4 aromatic heterocycles. The predicted octanol–water partition coefficient (Wildman–Crippen LogP) is 3.65. The first-order valence-electron chi connectivity index (χ1n) is 13.8.